The minimum atomic E-state index is 0.639. The standard InChI is InChI=1S/C5H13NO.C2H7N/c1-2-4-7-5-3-6;1-2-3/h2-6H2,1H3;2-3H2,1H3. The van der Waals surface area contributed by atoms with E-state index in [0.29, 0.717) is 13.2 Å². The number of nitrogens with two attached hydrogens (primary N) is 2. The van der Waals surface area contributed by atoms with Crippen molar-refractivity contribution in [1.29, 1.82) is 0 Å². The summed E-state index contributed by atoms with van der Waals surface area (Å²) in [5.74, 6) is 0. The average molecular weight is 148 g/mol. The van der Waals surface area contributed by atoms with Crippen LogP contribution in [0.4, 0.5) is 0 Å². The first kappa shape index (κ1) is 12.5. The van der Waals surface area contributed by atoms with Crippen molar-refractivity contribution in [3.8, 4) is 0 Å². The number of ether oxygens (including phenoxy) is 1. The summed E-state index contributed by atoms with van der Waals surface area (Å²) >= 11 is 0. The molecule has 3 nitrogen and oxygen atoms in total. The molecule has 0 aliphatic heterocycles. The molecule has 0 saturated carbocycles. The van der Waals surface area contributed by atoms with Crippen LogP contribution in [-0.4, -0.2) is 26.3 Å². The molecule has 0 aliphatic rings. The SMILES string of the molecule is CCCOCCN.CCN. The normalized spacial score (nSPS) is 8.40. The highest BCUT2D eigenvalue weighted by atomic mass is 16.5. The molecule has 0 aromatic carbocycles. The fourth-order valence-corrected chi connectivity index (χ4v) is 0.330. The summed E-state index contributed by atoms with van der Waals surface area (Å²) in [7, 11) is 0. The van der Waals surface area contributed by atoms with Gasteiger partial charge < -0.3 is 16.2 Å². The first-order valence-electron chi connectivity index (χ1n) is 3.81. The highest BCUT2D eigenvalue weighted by molar-refractivity contribution is 4.29. The summed E-state index contributed by atoms with van der Waals surface area (Å²) in [6.07, 6.45) is 1.08. The van der Waals surface area contributed by atoms with Crippen molar-refractivity contribution < 1.29 is 4.74 Å². The lowest BCUT2D eigenvalue weighted by molar-refractivity contribution is 0.142. The molecule has 4 N–H and O–H groups in total. The number of hydrogen-bond donors (Lipinski definition) is 2. The van der Waals surface area contributed by atoms with Crippen molar-refractivity contribution in [1.82, 2.24) is 0 Å². The molecule has 0 atom stereocenters. The molecule has 0 radical (unpaired) electrons. The minimum Gasteiger partial charge on any atom is -0.380 e. The van der Waals surface area contributed by atoms with Crippen LogP contribution in [0, 0.1) is 0 Å². The maximum atomic E-state index is 5.14. The van der Waals surface area contributed by atoms with Crippen molar-refractivity contribution >= 4 is 0 Å². The molecule has 0 amide bonds. The highest BCUT2D eigenvalue weighted by Crippen LogP contribution is 1.75. The summed E-state index contributed by atoms with van der Waals surface area (Å²) in [6, 6.07) is 0. The fraction of sp³-hybridized carbons (Fsp3) is 1.00. The Labute approximate surface area is 63.7 Å². The molecule has 0 spiro atoms. The van der Waals surface area contributed by atoms with Gasteiger partial charge in [0, 0.05) is 13.2 Å². The van der Waals surface area contributed by atoms with Gasteiger partial charge in [-0.25, -0.2) is 0 Å². The van der Waals surface area contributed by atoms with Crippen LogP contribution >= 0.6 is 0 Å². The van der Waals surface area contributed by atoms with Crippen molar-refractivity contribution in [2.24, 2.45) is 11.5 Å². The van der Waals surface area contributed by atoms with Gasteiger partial charge in [-0.2, -0.15) is 0 Å². The Hall–Kier alpha value is -0.120. The second-order valence-electron chi connectivity index (χ2n) is 1.81. The molecule has 10 heavy (non-hydrogen) atoms. The van der Waals surface area contributed by atoms with E-state index in [1.165, 1.54) is 0 Å². The molecule has 0 heterocycles. The third-order valence-electron chi connectivity index (χ3n) is 0.611. The van der Waals surface area contributed by atoms with Gasteiger partial charge in [0.1, 0.15) is 0 Å². The zero-order chi connectivity index (χ0) is 8.24. The first-order chi connectivity index (χ1) is 4.83. The van der Waals surface area contributed by atoms with Gasteiger partial charge in [-0.1, -0.05) is 13.8 Å². The van der Waals surface area contributed by atoms with Crippen LogP contribution in [-0.2, 0) is 4.74 Å². The van der Waals surface area contributed by atoms with Crippen LogP contribution in [0.1, 0.15) is 20.3 Å². The second-order valence-corrected chi connectivity index (χ2v) is 1.81. The fourth-order valence-electron chi connectivity index (χ4n) is 0.330. The van der Waals surface area contributed by atoms with Gasteiger partial charge >= 0.3 is 0 Å². The van der Waals surface area contributed by atoms with Crippen LogP contribution in [0.15, 0.2) is 0 Å². The zero-order valence-corrected chi connectivity index (χ0v) is 7.10. The Morgan fingerprint density at radius 3 is 1.90 bits per heavy atom. The molecule has 0 bridgehead atoms. The quantitative estimate of drug-likeness (QED) is 0.565. The Kier molecular flexibility index (Phi) is 20.0. The maximum Gasteiger partial charge on any atom is 0.0588 e. The second kappa shape index (κ2) is 15.9. The molecule has 0 rings (SSSR count). The van der Waals surface area contributed by atoms with E-state index in [-0.39, 0.29) is 0 Å². The predicted octanol–water partition coefficient (Wildman–Crippen LogP) is 0.337. The van der Waals surface area contributed by atoms with Gasteiger partial charge in [0.2, 0.25) is 0 Å². The number of rotatable bonds is 4. The summed E-state index contributed by atoms with van der Waals surface area (Å²) in [6.45, 7) is 6.92. The van der Waals surface area contributed by atoms with Crippen molar-refractivity contribution in [3.05, 3.63) is 0 Å². The smallest absolute Gasteiger partial charge is 0.0588 e. The average Bonchev–Trinajstić information content (AvgIpc) is 1.91. The third-order valence-corrected chi connectivity index (χ3v) is 0.611. The molecular formula is C7H20N2O. The molecule has 0 saturated heterocycles. The van der Waals surface area contributed by atoms with Crippen LogP contribution in [0.5, 0.6) is 0 Å². The molecule has 0 unspecified atom stereocenters. The van der Waals surface area contributed by atoms with Gasteiger partial charge in [0.05, 0.1) is 6.61 Å². The molecule has 0 aliphatic carbocycles. The zero-order valence-electron chi connectivity index (χ0n) is 7.10. The summed E-state index contributed by atoms with van der Waals surface area (Å²) in [5.41, 5.74) is 9.99. The topological polar surface area (TPSA) is 61.3 Å². The summed E-state index contributed by atoms with van der Waals surface area (Å²) < 4.78 is 5.01. The van der Waals surface area contributed by atoms with Gasteiger partial charge in [-0.15, -0.1) is 0 Å². The van der Waals surface area contributed by atoms with Crippen molar-refractivity contribution in [2.45, 2.75) is 20.3 Å². The van der Waals surface area contributed by atoms with Gasteiger partial charge in [0.15, 0.2) is 0 Å². The molecule has 64 valence electrons. The van der Waals surface area contributed by atoms with E-state index < -0.39 is 0 Å². The van der Waals surface area contributed by atoms with Gasteiger partial charge in [-0.05, 0) is 13.0 Å². The Balaban J connectivity index is 0. The van der Waals surface area contributed by atoms with E-state index in [1.54, 1.807) is 0 Å². The summed E-state index contributed by atoms with van der Waals surface area (Å²) in [4.78, 5) is 0. The molecule has 0 fully saturated rings. The number of hydrogen-bond acceptors (Lipinski definition) is 3. The molecule has 0 aromatic heterocycles. The van der Waals surface area contributed by atoms with E-state index in [4.69, 9.17) is 16.2 Å². The Bertz CT molecular complexity index is 38.6. The predicted molar refractivity (Wildman–Crippen MR) is 44.9 cm³/mol. The van der Waals surface area contributed by atoms with Gasteiger partial charge in [0.25, 0.3) is 0 Å². The van der Waals surface area contributed by atoms with Crippen LogP contribution in [0.25, 0.3) is 0 Å². The lowest BCUT2D eigenvalue weighted by atomic mass is 10.5. The molecule has 0 aromatic rings. The Morgan fingerprint density at radius 2 is 1.60 bits per heavy atom. The van der Waals surface area contributed by atoms with E-state index in [1.807, 2.05) is 6.92 Å². The van der Waals surface area contributed by atoms with Crippen LogP contribution < -0.4 is 11.5 Å². The lowest BCUT2D eigenvalue weighted by Gasteiger charge is -1.95. The minimum absolute atomic E-state index is 0.639. The summed E-state index contributed by atoms with van der Waals surface area (Å²) in [5, 5.41) is 0. The highest BCUT2D eigenvalue weighted by Gasteiger charge is 1.77. The van der Waals surface area contributed by atoms with Crippen molar-refractivity contribution in [3.63, 3.8) is 0 Å². The largest absolute Gasteiger partial charge is 0.380 e. The van der Waals surface area contributed by atoms with Gasteiger partial charge in [-0.3, -0.25) is 0 Å². The lowest BCUT2D eigenvalue weighted by Crippen LogP contribution is -2.08. The third kappa shape index (κ3) is 24.8. The maximum absolute atomic E-state index is 5.14. The monoisotopic (exact) mass is 148 g/mol. The first-order valence-corrected chi connectivity index (χ1v) is 3.81. The molecular weight excluding hydrogens is 128 g/mol. The van der Waals surface area contributed by atoms with Crippen LogP contribution in [0.3, 0.4) is 0 Å². The van der Waals surface area contributed by atoms with Crippen LogP contribution in [0.2, 0.25) is 0 Å². The van der Waals surface area contributed by atoms with E-state index >= 15 is 0 Å². The van der Waals surface area contributed by atoms with E-state index in [9.17, 15) is 0 Å². The van der Waals surface area contributed by atoms with Crippen molar-refractivity contribution in [2.75, 3.05) is 26.3 Å². The Morgan fingerprint density at radius 1 is 1.10 bits per heavy atom. The van der Waals surface area contributed by atoms with E-state index in [0.717, 1.165) is 19.6 Å². The van der Waals surface area contributed by atoms with E-state index in [2.05, 4.69) is 6.92 Å². The molecule has 3 heteroatoms.